The van der Waals surface area contributed by atoms with Crippen LogP contribution in [0.4, 0.5) is 18.9 Å². The number of aryl methyl sites for hydroxylation is 1. The van der Waals surface area contributed by atoms with Crippen molar-refractivity contribution in [3.63, 3.8) is 0 Å². The zero-order valence-electron chi connectivity index (χ0n) is 17.1. The monoisotopic (exact) mass is 466 g/mol. The van der Waals surface area contributed by atoms with Crippen LogP contribution in [0.1, 0.15) is 5.69 Å². The second-order valence-electron chi connectivity index (χ2n) is 6.81. The topological polar surface area (TPSA) is 95.1 Å². The Kier molecular flexibility index (Phi) is 5.07. The number of sulfonamides is 1. The van der Waals surface area contributed by atoms with E-state index in [1.165, 1.54) is 24.9 Å². The average Bonchev–Trinajstić information content (AvgIpc) is 3.40. The van der Waals surface area contributed by atoms with Crippen LogP contribution in [0.2, 0.25) is 0 Å². The molecule has 9 nitrogen and oxygen atoms in total. The first-order chi connectivity index (χ1) is 15.0. The summed E-state index contributed by atoms with van der Waals surface area (Å²) in [6.07, 6.45) is 0.135. The van der Waals surface area contributed by atoms with Gasteiger partial charge in [0.1, 0.15) is 22.0 Å². The molecule has 4 aromatic rings. The Balaban J connectivity index is 1.78. The number of anilines is 1. The number of halogens is 3. The first kappa shape index (κ1) is 21.6. The van der Waals surface area contributed by atoms with Gasteiger partial charge in [-0.15, -0.1) is 0 Å². The van der Waals surface area contributed by atoms with Gasteiger partial charge in [-0.2, -0.15) is 23.4 Å². The molecule has 3 heterocycles. The van der Waals surface area contributed by atoms with Gasteiger partial charge in [0.15, 0.2) is 0 Å². The fourth-order valence-corrected chi connectivity index (χ4v) is 4.42. The molecule has 32 heavy (non-hydrogen) atoms. The van der Waals surface area contributed by atoms with Crippen LogP contribution in [0.3, 0.4) is 0 Å². The number of rotatable bonds is 5. The lowest BCUT2D eigenvalue weighted by Gasteiger charge is -2.22. The predicted molar refractivity (Wildman–Crippen MR) is 109 cm³/mol. The third kappa shape index (κ3) is 3.53. The molecular formula is C19H17F3N6O3S. The zero-order chi connectivity index (χ0) is 23.3. The standard InChI is InChI=1S/C19H17F3N6O3S/c1-26-17-12(9-24-26)4-5-15(31-3)18(17)27(2)32(29,30)14-10-25-28(11-14)13-6-7-23-16(8-13)19(20,21)22/h4-11H,1-3H3. The summed E-state index contributed by atoms with van der Waals surface area (Å²) in [5, 5.41) is 8.80. The fourth-order valence-electron chi connectivity index (χ4n) is 3.27. The van der Waals surface area contributed by atoms with Crippen LogP contribution in [-0.2, 0) is 23.2 Å². The van der Waals surface area contributed by atoms with Crippen molar-refractivity contribution in [3.8, 4) is 11.4 Å². The maximum atomic E-state index is 13.3. The number of benzene rings is 1. The largest absolute Gasteiger partial charge is 0.494 e. The summed E-state index contributed by atoms with van der Waals surface area (Å²) in [5.41, 5.74) is -0.296. The van der Waals surface area contributed by atoms with E-state index in [0.29, 0.717) is 16.7 Å². The molecule has 4 rings (SSSR count). The minimum Gasteiger partial charge on any atom is -0.494 e. The Bertz CT molecular complexity index is 1410. The minimum absolute atomic E-state index is 0.0164. The molecule has 0 aliphatic rings. The molecule has 0 spiro atoms. The quantitative estimate of drug-likeness (QED) is 0.449. The van der Waals surface area contributed by atoms with Gasteiger partial charge < -0.3 is 4.74 Å². The summed E-state index contributed by atoms with van der Waals surface area (Å²) < 4.78 is 74.5. The van der Waals surface area contributed by atoms with Crippen LogP contribution in [0.25, 0.3) is 16.6 Å². The SMILES string of the molecule is COc1ccc2cnn(C)c2c1N(C)S(=O)(=O)c1cnn(-c2ccnc(C(F)(F)F)c2)c1. The number of fused-ring (bicyclic) bond motifs is 1. The van der Waals surface area contributed by atoms with Crippen molar-refractivity contribution in [1.82, 2.24) is 24.5 Å². The fraction of sp³-hybridized carbons (Fsp3) is 0.211. The molecule has 0 saturated carbocycles. The highest BCUT2D eigenvalue weighted by atomic mass is 32.2. The first-order valence-corrected chi connectivity index (χ1v) is 10.5. The molecule has 13 heteroatoms. The maximum Gasteiger partial charge on any atom is 0.433 e. The third-order valence-electron chi connectivity index (χ3n) is 4.89. The van der Waals surface area contributed by atoms with Gasteiger partial charge in [-0.05, 0) is 24.3 Å². The first-order valence-electron chi connectivity index (χ1n) is 9.10. The van der Waals surface area contributed by atoms with Crippen LogP contribution >= 0.6 is 0 Å². The Labute approximate surface area is 180 Å². The molecule has 0 unspecified atom stereocenters. The summed E-state index contributed by atoms with van der Waals surface area (Å²) in [5.74, 6) is 0.309. The van der Waals surface area contributed by atoms with Crippen LogP contribution in [0, 0.1) is 0 Å². The molecule has 0 aliphatic carbocycles. The summed E-state index contributed by atoms with van der Waals surface area (Å²) >= 11 is 0. The Hall–Kier alpha value is -3.61. The predicted octanol–water partition coefficient (Wildman–Crippen LogP) is 3.01. The number of hydrogen-bond acceptors (Lipinski definition) is 6. The van der Waals surface area contributed by atoms with Gasteiger partial charge in [-0.1, -0.05) is 0 Å². The van der Waals surface area contributed by atoms with Crippen molar-refractivity contribution in [3.05, 3.63) is 54.7 Å². The van der Waals surface area contributed by atoms with E-state index in [1.807, 2.05) is 0 Å². The van der Waals surface area contributed by atoms with E-state index in [9.17, 15) is 21.6 Å². The van der Waals surface area contributed by atoms with Gasteiger partial charge in [-0.3, -0.25) is 14.0 Å². The number of hydrogen-bond donors (Lipinski definition) is 0. The summed E-state index contributed by atoms with van der Waals surface area (Å²) in [4.78, 5) is 3.08. The maximum absolute atomic E-state index is 13.3. The van der Waals surface area contributed by atoms with Crippen molar-refractivity contribution in [1.29, 1.82) is 0 Å². The van der Waals surface area contributed by atoms with Crippen LogP contribution < -0.4 is 9.04 Å². The van der Waals surface area contributed by atoms with Gasteiger partial charge >= 0.3 is 6.18 Å². The molecule has 1 aromatic carbocycles. The van der Waals surface area contributed by atoms with Gasteiger partial charge in [0.25, 0.3) is 10.0 Å². The molecule has 0 aliphatic heterocycles. The van der Waals surface area contributed by atoms with E-state index in [2.05, 4.69) is 15.2 Å². The van der Waals surface area contributed by atoms with Gasteiger partial charge in [0.2, 0.25) is 0 Å². The highest BCUT2D eigenvalue weighted by Crippen LogP contribution is 2.38. The van der Waals surface area contributed by atoms with E-state index in [0.717, 1.165) is 33.6 Å². The number of methoxy groups -OCH3 is 1. The average molecular weight is 466 g/mol. The number of aromatic nitrogens is 5. The highest BCUT2D eigenvalue weighted by molar-refractivity contribution is 7.92. The summed E-state index contributed by atoms with van der Waals surface area (Å²) in [7, 11) is 0.297. The molecule has 0 N–H and O–H groups in total. The molecule has 3 aromatic heterocycles. The lowest BCUT2D eigenvalue weighted by Crippen LogP contribution is -2.27. The second-order valence-corrected chi connectivity index (χ2v) is 8.78. The highest BCUT2D eigenvalue weighted by Gasteiger charge is 2.33. The molecular weight excluding hydrogens is 449 g/mol. The van der Waals surface area contributed by atoms with E-state index in [-0.39, 0.29) is 16.3 Å². The number of nitrogens with zero attached hydrogens (tertiary/aromatic N) is 6. The number of alkyl halides is 3. The number of ether oxygens (including phenoxy) is 1. The van der Waals surface area contributed by atoms with Crippen molar-refractivity contribution in [2.24, 2.45) is 7.05 Å². The molecule has 0 radical (unpaired) electrons. The number of pyridine rings is 1. The van der Waals surface area contributed by atoms with Gasteiger partial charge in [0, 0.05) is 25.7 Å². The van der Waals surface area contributed by atoms with E-state index in [4.69, 9.17) is 4.74 Å². The van der Waals surface area contributed by atoms with E-state index < -0.39 is 21.9 Å². The molecule has 0 amide bonds. The van der Waals surface area contributed by atoms with Crippen molar-refractivity contribution in [2.45, 2.75) is 11.1 Å². The van der Waals surface area contributed by atoms with Crippen LogP contribution in [0.5, 0.6) is 5.75 Å². The van der Waals surface area contributed by atoms with Crippen LogP contribution in [0.15, 0.2) is 53.9 Å². The minimum atomic E-state index is -4.64. The smallest absolute Gasteiger partial charge is 0.433 e. The molecule has 0 saturated heterocycles. The Morgan fingerprint density at radius 2 is 1.88 bits per heavy atom. The molecule has 0 fully saturated rings. The Morgan fingerprint density at radius 1 is 1.12 bits per heavy atom. The second kappa shape index (κ2) is 7.51. The molecule has 0 atom stereocenters. The zero-order valence-corrected chi connectivity index (χ0v) is 17.9. The third-order valence-corrected chi connectivity index (χ3v) is 6.60. The van der Waals surface area contributed by atoms with E-state index in [1.54, 1.807) is 25.4 Å². The van der Waals surface area contributed by atoms with Crippen LogP contribution in [-0.4, -0.2) is 47.1 Å². The normalized spacial score (nSPS) is 12.3. The van der Waals surface area contributed by atoms with Crippen molar-refractivity contribution >= 4 is 26.6 Å². The molecule has 0 bridgehead atoms. The lowest BCUT2D eigenvalue weighted by molar-refractivity contribution is -0.141. The van der Waals surface area contributed by atoms with Gasteiger partial charge in [-0.25, -0.2) is 13.1 Å². The lowest BCUT2D eigenvalue weighted by atomic mass is 10.2. The van der Waals surface area contributed by atoms with E-state index >= 15 is 0 Å². The summed E-state index contributed by atoms with van der Waals surface area (Å²) in [6.45, 7) is 0. The summed E-state index contributed by atoms with van der Waals surface area (Å²) in [6, 6.07) is 5.46. The van der Waals surface area contributed by atoms with Gasteiger partial charge in [0.05, 0.1) is 36.9 Å². The molecule has 168 valence electrons. The Morgan fingerprint density at radius 3 is 2.56 bits per heavy atom. The van der Waals surface area contributed by atoms with Crippen molar-refractivity contribution < 1.29 is 26.3 Å². The van der Waals surface area contributed by atoms with Crippen molar-refractivity contribution in [2.75, 3.05) is 18.5 Å².